The van der Waals surface area contributed by atoms with Crippen molar-refractivity contribution in [2.24, 2.45) is 0 Å². The molecule has 0 bridgehead atoms. The summed E-state index contributed by atoms with van der Waals surface area (Å²) in [7, 11) is 0. The number of hydrogen-bond donors (Lipinski definition) is 3. The van der Waals surface area contributed by atoms with Crippen molar-refractivity contribution in [2.45, 2.75) is 82.3 Å². The fourth-order valence-electron chi connectivity index (χ4n) is 6.17. The number of carbonyl (C=O) groups excluding carboxylic acids is 1. The first kappa shape index (κ1) is 24.8. The van der Waals surface area contributed by atoms with E-state index in [2.05, 4.69) is 25.4 Å². The summed E-state index contributed by atoms with van der Waals surface area (Å²) in [6.45, 7) is 3.77. The van der Waals surface area contributed by atoms with Crippen LogP contribution in [0.5, 0.6) is 0 Å². The van der Waals surface area contributed by atoms with Gasteiger partial charge in [-0.05, 0) is 62.4 Å². The van der Waals surface area contributed by atoms with Gasteiger partial charge in [0.2, 0.25) is 5.95 Å². The van der Waals surface area contributed by atoms with Crippen molar-refractivity contribution in [1.29, 1.82) is 0 Å². The van der Waals surface area contributed by atoms with Gasteiger partial charge in [-0.15, -0.1) is 0 Å². The highest BCUT2D eigenvalue weighted by Gasteiger charge is 2.38. The molecular weight excluding hydrogens is 450 g/mol. The van der Waals surface area contributed by atoms with Gasteiger partial charge in [0.25, 0.3) is 5.91 Å². The maximum Gasteiger partial charge on any atom is 0.251 e. The number of nitrogens with zero attached hydrogens (tertiary/aromatic N) is 4. The standard InChI is InChI=1S/C28H41N7O/c29-22-12-10-21(11-13-22)27(36)31-20-25-24(15-19-35(25)23-8-4-3-5-9-23)32-28-30-16-14-26(33-28)34-17-6-1-2-7-18-34/h10-14,16,23-25H,1-9,15,17-20,29H2,(H,31,36)(H,30,32,33)/t24-,25+/m0/s1. The van der Waals surface area contributed by atoms with Crippen molar-refractivity contribution < 1.29 is 4.79 Å². The monoisotopic (exact) mass is 491 g/mol. The summed E-state index contributed by atoms with van der Waals surface area (Å²) in [6.07, 6.45) is 14.4. The summed E-state index contributed by atoms with van der Waals surface area (Å²) in [6, 6.07) is 10.1. The third kappa shape index (κ3) is 6.09. The molecule has 3 heterocycles. The van der Waals surface area contributed by atoms with Gasteiger partial charge in [0.05, 0.1) is 0 Å². The molecular formula is C28H41N7O. The Balaban J connectivity index is 1.28. The summed E-state index contributed by atoms with van der Waals surface area (Å²) in [5, 5.41) is 6.87. The van der Waals surface area contributed by atoms with E-state index in [1.54, 1.807) is 24.3 Å². The lowest BCUT2D eigenvalue weighted by molar-refractivity contribution is 0.0918. The Morgan fingerprint density at radius 2 is 1.64 bits per heavy atom. The maximum absolute atomic E-state index is 12.9. The van der Waals surface area contributed by atoms with Crippen molar-refractivity contribution in [2.75, 3.05) is 42.1 Å². The third-order valence-electron chi connectivity index (χ3n) is 8.16. The number of nitrogen functional groups attached to an aromatic ring is 1. The summed E-state index contributed by atoms with van der Waals surface area (Å²) in [4.78, 5) is 27.4. The lowest BCUT2D eigenvalue weighted by atomic mass is 9.93. The number of nitrogens with one attached hydrogen (secondary N) is 2. The average molecular weight is 492 g/mol. The molecule has 1 amide bonds. The van der Waals surface area contributed by atoms with E-state index in [-0.39, 0.29) is 18.0 Å². The van der Waals surface area contributed by atoms with Crippen molar-refractivity contribution in [1.82, 2.24) is 20.2 Å². The van der Waals surface area contributed by atoms with Gasteiger partial charge in [0.15, 0.2) is 0 Å². The molecule has 0 spiro atoms. The normalized spacial score (nSPS) is 23.8. The Morgan fingerprint density at radius 1 is 0.917 bits per heavy atom. The van der Waals surface area contributed by atoms with Gasteiger partial charge in [0.1, 0.15) is 5.82 Å². The summed E-state index contributed by atoms with van der Waals surface area (Å²) >= 11 is 0. The van der Waals surface area contributed by atoms with Crippen LogP contribution in [0.3, 0.4) is 0 Å². The van der Waals surface area contributed by atoms with Crippen molar-refractivity contribution in [3.05, 3.63) is 42.1 Å². The number of carbonyl (C=O) groups is 1. The number of aromatic nitrogens is 2. The first-order chi connectivity index (χ1) is 17.7. The molecule has 194 valence electrons. The van der Waals surface area contributed by atoms with Crippen LogP contribution < -0.4 is 21.3 Å². The Kier molecular flexibility index (Phi) is 8.21. The minimum Gasteiger partial charge on any atom is -0.399 e. The van der Waals surface area contributed by atoms with E-state index in [0.717, 1.165) is 31.9 Å². The van der Waals surface area contributed by atoms with E-state index in [4.69, 9.17) is 10.7 Å². The molecule has 1 aliphatic carbocycles. The minimum absolute atomic E-state index is 0.0522. The number of nitrogens with two attached hydrogens (primary N) is 1. The maximum atomic E-state index is 12.9. The smallest absolute Gasteiger partial charge is 0.251 e. The predicted molar refractivity (Wildman–Crippen MR) is 145 cm³/mol. The highest BCUT2D eigenvalue weighted by atomic mass is 16.1. The van der Waals surface area contributed by atoms with E-state index in [1.165, 1.54) is 57.8 Å². The molecule has 1 saturated carbocycles. The Labute approximate surface area is 215 Å². The quantitative estimate of drug-likeness (QED) is 0.502. The van der Waals surface area contributed by atoms with Gasteiger partial charge in [0, 0.05) is 61.8 Å². The molecule has 0 radical (unpaired) electrons. The summed E-state index contributed by atoms with van der Waals surface area (Å²) < 4.78 is 0. The van der Waals surface area contributed by atoms with Crippen molar-refractivity contribution in [3.63, 3.8) is 0 Å². The topological polar surface area (TPSA) is 99.4 Å². The fraction of sp³-hybridized carbons (Fsp3) is 0.607. The SMILES string of the molecule is Nc1ccc(C(=O)NC[C@@H]2[C@@H](Nc3nccc(N4CCCCCC4)n3)CCN2C2CCCCC2)cc1. The van der Waals surface area contributed by atoms with Crippen LogP contribution >= 0.6 is 0 Å². The second-order valence-electron chi connectivity index (χ2n) is 10.6. The molecule has 4 N–H and O–H groups in total. The van der Waals surface area contributed by atoms with Crippen LogP contribution in [-0.2, 0) is 0 Å². The van der Waals surface area contributed by atoms with Gasteiger partial charge < -0.3 is 21.3 Å². The van der Waals surface area contributed by atoms with Crippen LogP contribution in [-0.4, -0.2) is 65.1 Å². The van der Waals surface area contributed by atoms with Gasteiger partial charge in [-0.2, -0.15) is 4.98 Å². The number of benzene rings is 1. The van der Waals surface area contributed by atoms with Crippen molar-refractivity contribution in [3.8, 4) is 0 Å². The van der Waals surface area contributed by atoms with Gasteiger partial charge in [-0.3, -0.25) is 9.69 Å². The van der Waals surface area contributed by atoms with Crippen LogP contribution in [0, 0.1) is 0 Å². The molecule has 3 fully saturated rings. The summed E-state index contributed by atoms with van der Waals surface area (Å²) in [5.41, 5.74) is 7.10. The van der Waals surface area contributed by atoms with Crippen LogP contribution in [0.4, 0.5) is 17.5 Å². The van der Waals surface area contributed by atoms with Crippen molar-refractivity contribution >= 4 is 23.4 Å². The van der Waals surface area contributed by atoms with Gasteiger partial charge >= 0.3 is 0 Å². The van der Waals surface area contributed by atoms with Crippen LogP contribution in [0.2, 0.25) is 0 Å². The van der Waals surface area contributed by atoms with Crippen LogP contribution in [0.25, 0.3) is 0 Å². The number of likely N-dealkylation sites (tertiary alicyclic amines) is 1. The van der Waals surface area contributed by atoms with E-state index in [9.17, 15) is 4.79 Å². The first-order valence-electron chi connectivity index (χ1n) is 13.9. The molecule has 3 aliphatic rings. The largest absolute Gasteiger partial charge is 0.399 e. The predicted octanol–water partition coefficient (Wildman–Crippen LogP) is 4.06. The first-order valence-corrected chi connectivity index (χ1v) is 13.9. The number of anilines is 3. The van der Waals surface area contributed by atoms with Crippen LogP contribution in [0.1, 0.15) is 74.6 Å². The number of rotatable bonds is 7. The van der Waals surface area contributed by atoms with E-state index in [1.807, 2.05) is 12.3 Å². The molecule has 0 unspecified atom stereocenters. The molecule has 8 heteroatoms. The molecule has 2 saturated heterocycles. The molecule has 5 rings (SSSR count). The zero-order valence-corrected chi connectivity index (χ0v) is 21.4. The second-order valence-corrected chi connectivity index (χ2v) is 10.6. The zero-order chi connectivity index (χ0) is 24.7. The van der Waals surface area contributed by atoms with Gasteiger partial charge in [-0.25, -0.2) is 4.98 Å². The number of amides is 1. The molecule has 1 aromatic heterocycles. The Hall–Kier alpha value is -2.87. The number of hydrogen-bond acceptors (Lipinski definition) is 7. The molecule has 2 aromatic rings. The molecule has 2 atom stereocenters. The average Bonchev–Trinajstić information content (AvgIpc) is 3.11. The minimum atomic E-state index is -0.0522. The molecule has 36 heavy (non-hydrogen) atoms. The Morgan fingerprint density at radius 3 is 2.39 bits per heavy atom. The zero-order valence-electron chi connectivity index (χ0n) is 21.4. The lowest BCUT2D eigenvalue weighted by Crippen LogP contribution is -2.51. The lowest BCUT2D eigenvalue weighted by Gasteiger charge is -2.37. The van der Waals surface area contributed by atoms with Gasteiger partial charge in [-0.1, -0.05) is 32.1 Å². The second kappa shape index (κ2) is 11.9. The molecule has 8 nitrogen and oxygen atoms in total. The molecule has 2 aliphatic heterocycles. The van der Waals surface area contributed by atoms with E-state index >= 15 is 0 Å². The third-order valence-corrected chi connectivity index (χ3v) is 8.16. The fourth-order valence-corrected chi connectivity index (χ4v) is 6.17. The Bertz CT molecular complexity index is 984. The van der Waals surface area contributed by atoms with E-state index in [0.29, 0.717) is 29.8 Å². The summed E-state index contributed by atoms with van der Waals surface area (Å²) in [5.74, 6) is 1.66. The highest BCUT2D eigenvalue weighted by molar-refractivity contribution is 5.94. The van der Waals surface area contributed by atoms with E-state index < -0.39 is 0 Å². The van der Waals surface area contributed by atoms with Crippen LogP contribution in [0.15, 0.2) is 36.5 Å². The highest BCUT2D eigenvalue weighted by Crippen LogP contribution is 2.30. The molecule has 1 aromatic carbocycles.